The Balaban J connectivity index is 2.22. The van der Waals surface area contributed by atoms with E-state index in [1.807, 2.05) is 6.92 Å². The number of benzene rings is 1. The van der Waals surface area contributed by atoms with Crippen molar-refractivity contribution >= 4 is 9.84 Å². The Kier molecular flexibility index (Phi) is 4.78. The molecule has 2 rings (SSSR count). The van der Waals surface area contributed by atoms with Crippen molar-refractivity contribution in [1.82, 2.24) is 4.90 Å². The Bertz CT molecular complexity index is 543. The van der Waals surface area contributed by atoms with Gasteiger partial charge in [-0.15, -0.1) is 0 Å². The highest BCUT2D eigenvalue weighted by Crippen LogP contribution is 2.25. The largest absolute Gasteiger partial charge is 0.326 e. The van der Waals surface area contributed by atoms with Crippen LogP contribution in [0.15, 0.2) is 24.3 Å². The van der Waals surface area contributed by atoms with Gasteiger partial charge in [0, 0.05) is 18.6 Å². The first-order valence-electron chi connectivity index (χ1n) is 6.84. The van der Waals surface area contributed by atoms with Gasteiger partial charge in [-0.3, -0.25) is 4.90 Å². The fourth-order valence-corrected chi connectivity index (χ4v) is 4.03. The van der Waals surface area contributed by atoms with Gasteiger partial charge in [0.05, 0.1) is 11.5 Å². The highest BCUT2D eigenvalue weighted by Gasteiger charge is 2.28. The molecule has 20 heavy (non-hydrogen) atoms. The van der Waals surface area contributed by atoms with Gasteiger partial charge in [0.2, 0.25) is 0 Å². The van der Waals surface area contributed by atoms with Crippen LogP contribution in [0.25, 0.3) is 0 Å². The number of nitrogens with two attached hydrogens (primary N) is 1. The highest BCUT2D eigenvalue weighted by atomic mass is 32.2. The maximum atomic E-state index is 13.0. The van der Waals surface area contributed by atoms with Gasteiger partial charge in [-0.1, -0.05) is 12.1 Å². The number of rotatable bonds is 3. The predicted molar refractivity (Wildman–Crippen MR) is 77.6 cm³/mol. The van der Waals surface area contributed by atoms with E-state index in [0.29, 0.717) is 19.5 Å². The summed E-state index contributed by atoms with van der Waals surface area (Å²) < 4.78 is 36.4. The molecule has 1 heterocycles. The fraction of sp³-hybridized carbons (Fsp3) is 0.571. The Morgan fingerprint density at radius 2 is 1.85 bits per heavy atom. The normalized spacial score (nSPS) is 22.9. The van der Waals surface area contributed by atoms with Crippen molar-refractivity contribution in [3.05, 3.63) is 35.6 Å². The van der Waals surface area contributed by atoms with Crippen molar-refractivity contribution in [3.8, 4) is 0 Å². The second kappa shape index (κ2) is 6.20. The van der Waals surface area contributed by atoms with Crippen molar-refractivity contribution < 1.29 is 12.8 Å². The van der Waals surface area contributed by atoms with E-state index in [9.17, 15) is 12.8 Å². The molecule has 4 nitrogen and oxygen atoms in total. The van der Waals surface area contributed by atoms with E-state index in [-0.39, 0.29) is 29.4 Å². The average molecular weight is 300 g/mol. The molecule has 0 radical (unpaired) electrons. The van der Waals surface area contributed by atoms with Gasteiger partial charge < -0.3 is 5.73 Å². The van der Waals surface area contributed by atoms with E-state index in [2.05, 4.69) is 4.90 Å². The maximum Gasteiger partial charge on any atom is 0.151 e. The van der Waals surface area contributed by atoms with E-state index in [4.69, 9.17) is 5.73 Å². The summed E-state index contributed by atoms with van der Waals surface area (Å²) in [6.45, 7) is 3.07. The number of hydrogen-bond acceptors (Lipinski definition) is 4. The number of hydrogen-bond donors (Lipinski definition) is 1. The molecular formula is C14H21FN2O2S. The lowest BCUT2D eigenvalue weighted by atomic mass is 9.99. The van der Waals surface area contributed by atoms with Crippen LogP contribution in [-0.2, 0) is 9.84 Å². The first-order chi connectivity index (χ1) is 9.39. The van der Waals surface area contributed by atoms with E-state index >= 15 is 0 Å². The van der Waals surface area contributed by atoms with Crippen molar-refractivity contribution in [1.29, 1.82) is 0 Å². The predicted octanol–water partition coefficient (Wildman–Crippen LogP) is 1.33. The summed E-state index contributed by atoms with van der Waals surface area (Å²) in [4.78, 5) is 2.10. The molecule has 0 bridgehead atoms. The van der Waals surface area contributed by atoms with Crippen LogP contribution >= 0.6 is 0 Å². The van der Waals surface area contributed by atoms with Crippen LogP contribution in [0.1, 0.15) is 24.9 Å². The van der Waals surface area contributed by atoms with Crippen LogP contribution in [0, 0.1) is 5.82 Å². The third-order valence-electron chi connectivity index (χ3n) is 3.69. The third-order valence-corrected chi connectivity index (χ3v) is 5.41. The summed E-state index contributed by atoms with van der Waals surface area (Å²) in [7, 11) is -2.94. The Hall–Kier alpha value is -0.980. The second-order valence-corrected chi connectivity index (χ2v) is 7.70. The van der Waals surface area contributed by atoms with E-state index < -0.39 is 9.84 Å². The Morgan fingerprint density at radius 3 is 2.45 bits per heavy atom. The minimum Gasteiger partial charge on any atom is -0.326 e. The van der Waals surface area contributed by atoms with Gasteiger partial charge >= 0.3 is 0 Å². The first kappa shape index (κ1) is 15.4. The van der Waals surface area contributed by atoms with Crippen LogP contribution in [0.2, 0.25) is 0 Å². The summed E-state index contributed by atoms with van der Waals surface area (Å²) in [6.07, 6.45) is 0.618. The monoisotopic (exact) mass is 300 g/mol. The molecule has 2 unspecified atom stereocenters. The molecule has 2 N–H and O–H groups in total. The Morgan fingerprint density at radius 1 is 1.20 bits per heavy atom. The molecule has 0 spiro atoms. The molecular weight excluding hydrogens is 279 g/mol. The van der Waals surface area contributed by atoms with Gasteiger partial charge in [0.15, 0.2) is 9.84 Å². The smallest absolute Gasteiger partial charge is 0.151 e. The number of sulfone groups is 1. The van der Waals surface area contributed by atoms with Crippen LogP contribution in [0.5, 0.6) is 0 Å². The molecule has 0 aliphatic carbocycles. The first-order valence-corrected chi connectivity index (χ1v) is 8.67. The summed E-state index contributed by atoms with van der Waals surface area (Å²) >= 11 is 0. The minimum absolute atomic E-state index is 0.0797. The molecule has 0 saturated carbocycles. The quantitative estimate of drug-likeness (QED) is 0.915. The van der Waals surface area contributed by atoms with E-state index in [0.717, 1.165) is 5.56 Å². The molecule has 6 heteroatoms. The zero-order valence-electron chi connectivity index (χ0n) is 11.6. The van der Waals surface area contributed by atoms with Crippen molar-refractivity contribution in [2.45, 2.75) is 25.4 Å². The molecule has 1 saturated heterocycles. The lowest BCUT2D eigenvalue weighted by molar-refractivity contribution is 0.190. The topological polar surface area (TPSA) is 63.4 Å². The van der Waals surface area contributed by atoms with Gasteiger partial charge in [-0.05, 0) is 37.6 Å². The molecule has 1 aromatic carbocycles. The van der Waals surface area contributed by atoms with Crippen LogP contribution in [0.4, 0.5) is 4.39 Å². The van der Waals surface area contributed by atoms with Crippen LogP contribution < -0.4 is 5.73 Å². The summed E-state index contributed by atoms with van der Waals surface area (Å²) in [5, 5.41) is 0. The summed E-state index contributed by atoms with van der Waals surface area (Å²) in [5.41, 5.74) is 7.00. The SMILES string of the molecule is CC(N)C(c1ccc(F)cc1)N1CCCS(=O)(=O)CC1. The second-order valence-electron chi connectivity index (χ2n) is 5.40. The lowest BCUT2D eigenvalue weighted by Gasteiger charge is -2.33. The zero-order chi connectivity index (χ0) is 14.8. The molecule has 0 amide bonds. The van der Waals surface area contributed by atoms with Gasteiger partial charge in [0.1, 0.15) is 5.82 Å². The summed E-state index contributed by atoms with van der Waals surface area (Å²) in [5.74, 6) is 0.117. The molecule has 1 aliphatic rings. The molecule has 0 aromatic heterocycles. The zero-order valence-corrected chi connectivity index (χ0v) is 12.4. The molecule has 2 atom stereocenters. The maximum absolute atomic E-state index is 13.0. The fourth-order valence-electron chi connectivity index (χ4n) is 2.74. The Labute approximate surface area is 119 Å². The number of halogens is 1. The molecule has 1 aliphatic heterocycles. The van der Waals surface area contributed by atoms with Crippen molar-refractivity contribution in [3.63, 3.8) is 0 Å². The van der Waals surface area contributed by atoms with Crippen molar-refractivity contribution in [2.75, 3.05) is 24.6 Å². The molecule has 1 fully saturated rings. The standard InChI is InChI=1S/C14H21FN2O2S/c1-11(16)14(12-3-5-13(15)6-4-12)17-7-2-9-20(18,19)10-8-17/h3-6,11,14H,2,7-10,16H2,1H3. The highest BCUT2D eigenvalue weighted by molar-refractivity contribution is 7.91. The van der Waals surface area contributed by atoms with Crippen LogP contribution in [0.3, 0.4) is 0 Å². The summed E-state index contributed by atoms with van der Waals surface area (Å²) in [6, 6.07) is 6.05. The molecule has 1 aromatic rings. The molecule has 112 valence electrons. The number of nitrogens with zero attached hydrogens (tertiary/aromatic N) is 1. The van der Waals surface area contributed by atoms with Crippen LogP contribution in [-0.4, -0.2) is 44.0 Å². The minimum atomic E-state index is -2.94. The van der Waals surface area contributed by atoms with Gasteiger partial charge in [0.25, 0.3) is 0 Å². The van der Waals surface area contributed by atoms with E-state index in [1.54, 1.807) is 12.1 Å². The van der Waals surface area contributed by atoms with E-state index in [1.165, 1.54) is 12.1 Å². The lowest BCUT2D eigenvalue weighted by Crippen LogP contribution is -2.41. The van der Waals surface area contributed by atoms with Gasteiger partial charge in [-0.25, -0.2) is 12.8 Å². The average Bonchev–Trinajstić information content (AvgIpc) is 2.53. The van der Waals surface area contributed by atoms with Crippen molar-refractivity contribution in [2.24, 2.45) is 5.73 Å². The van der Waals surface area contributed by atoms with Gasteiger partial charge in [-0.2, -0.15) is 0 Å². The third kappa shape index (κ3) is 3.77.